The van der Waals surface area contributed by atoms with Gasteiger partial charge in [-0.3, -0.25) is 4.90 Å². The second-order valence-electron chi connectivity index (χ2n) is 5.89. The van der Waals surface area contributed by atoms with Crippen LogP contribution in [0.1, 0.15) is 33.1 Å². The number of rotatable bonds is 9. The molecule has 0 N–H and O–H groups in total. The van der Waals surface area contributed by atoms with E-state index < -0.39 is 8.56 Å². The average Bonchev–Trinajstić information content (AvgIpc) is 2.42. The lowest BCUT2D eigenvalue weighted by Crippen LogP contribution is -2.49. The largest absolute Gasteiger partial charge is 0.395 e. The van der Waals surface area contributed by atoms with Crippen molar-refractivity contribution in [3.05, 3.63) is 12.7 Å². The first-order valence-electron chi connectivity index (χ1n) is 8.36. The van der Waals surface area contributed by atoms with Gasteiger partial charge in [-0.05, 0) is 38.9 Å². The third-order valence-electron chi connectivity index (χ3n) is 3.77. The fourth-order valence-electron chi connectivity index (χ4n) is 2.77. The van der Waals surface area contributed by atoms with Gasteiger partial charge in [0.05, 0.1) is 12.7 Å². The van der Waals surface area contributed by atoms with E-state index >= 15 is 0 Å². The van der Waals surface area contributed by atoms with Crippen LogP contribution < -0.4 is 0 Å². The van der Waals surface area contributed by atoms with E-state index in [-0.39, 0.29) is 6.10 Å². The van der Waals surface area contributed by atoms with Crippen molar-refractivity contribution >= 4 is 8.56 Å². The van der Waals surface area contributed by atoms with Crippen molar-refractivity contribution < 1.29 is 13.6 Å². The van der Waals surface area contributed by atoms with Crippen molar-refractivity contribution in [2.75, 3.05) is 39.5 Å². The van der Waals surface area contributed by atoms with Crippen molar-refractivity contribution in [2.45, 2.75) is 51.8 Å². The first-order chi connectivity index (χ1) is 10.1. The predicted octanol–water partition coefficient (Wildman–Crippen LogP) is 3.19. The van der Waals surface area contributed by atoms with Gasteiger partial charge in [-0.25, -0.2) is 0 Å². The third-order valence-corrected chi connectivity index (χ3v) is 6.76. The maximum atomic E-state index is 6.39. The zero-order chi connectivity index (χ0) is 15.6. The molecule has 1 aliphatic rings. The first kappa shape index (κ1) is 18.8. The molecule has 2 unspecified atom stereocenters. The fraction of sp³-hybridized carbons (Fsp3) is 0.875. The topological polar surface area (TPSA) is 30.9 Å². The highest BCUT2D eigenvalue weighted by Gasteiger charge is 2.35. The van der Waals surface area contributed by atoms with Crippen LogP contribution in [-0.4, -0.2) is 59.0 Å². The van der Waals surface area contributed by atoms with Crippen molar-refractivity contribution in [3.63, 3.8) is 0 Å². The minimum absolute atomic E-state index is 0.116. The molecule has 21 heavy (non-hydrogen) atoms. The SMILES string of the molecule is C=CCN(CCCC)CC1COCCC[Si](C)(OCC)O1. The molecule has 2 atom stereocenters. The lowest BCUT2D eigenvalue weighted by Gasteiger charge is -2.35. The van der Waals surface area contributed by atoms with Gasteiger partial charge in [-0.15, -0.1) is 6.58 Å². The average molecular weight is 316 g/mol. The molecule has 1 saturated heterocycles. The number of unbranched alkanes of at least 4 members (excludes halogenated alkanes) is 1. The Balaban J connectivity index is 2.60. The van der Waals surface area contributed by atoms with Gasteiger partial charge in [0, 0.05) is 26.3 Å². The molecule has 0 amide bonds. The zero-order valence-electron chi connectivity index (χ0n) is 14.1. The van der Waals surface area contributed by atoms with Gasteiger partial charge < -0.3 is 13.6 Å². The molecule has 0 saturated carbocycles. The van der Waals surface area contributed by atoms with Crippen LogP contribution in [-0.2, 0) is 13.6 Å². The minimum Gasteiger partial charge on any atom is -0.395 e. The van der Waals surface area contributed by atoms with Gasteiger partial charge in [-0.2, -0.15) is 0 Å². The summed E-state index contributed by atoms with van der Waals surface area (Å²) >= 11 is 0. The molecule has 5 heteroatoms. The monoisotopic (exact) mass is 315 g/mol. The van der Waals surface area contributed by atoms with Gasteiger partial charge in [0.25, 0.3) is 0 Å². The summed E-state index contributed by atoms with van der Waals surface area (Å²) in [6, 6.07) is 1.02. The molecular weight excluding hydrogens is 282 g/mol. The summed E-state index contributed by atoms with van der Waals surface area (Å²) in [6.07, 6.45) is 5.55. The smallest absolute Gasteiger partial charge is 0.335 e. The molecule has 0 radical (unpaired) electrons. The summed E-state index contributed by atoms with van der Waals surface area (Å²) in [6.45, 7) is 15.5. The first-order valence-corrected chi connectivity index (χ1v) is 10.9. The Morgan fingerprint density at radius 2 is 2.24 bits per heavy atom. The Kier molecular flexibility index (Phi) is 9.43. The van der Waals surface area contributed by atoms with Crippen LogP contribution >= 0.6 is 0 Å². The number of nitrogens with zero attached hydrogens (tertiary/aromatic N) is 1. The molecule has 1 rings (SSSR count). The summed E-state index contributed by atoms with van der Waals surface area (Å²) in [5, 5.41) is 0. The van der Waals surface area contributed by atoms with Crippen LogP contribution in [0.5, 0.6) is 0 Å². The van der Waals surface area contributed by atoms with E-state index in [1.807, 2.05) is 6.08 Å². The van der Waals surface area contributed by atoms with Crippen LogP contribution in [0, 0.1) is 0 Å². The van der Waals surface area contributed by atoms with E-state index in [1.165, 1.54) is 12.8 Å². The molecule has 0 aromatic rings. The summed E-state index contributed by atoms with van der Waals surface area (Å²) in [7, 11) is -2.04. The molecular formula is C16H33NO3Si. The molecule has 124 valence electrons. The van der Waals surface area contributed by atoms with Crippen LogP contribution in [0.25, 0.3) is 0 Å². The highest BCUT2D eigenvalue weighted by Crippen LogP contribution is 2.21. The molecule has 0 bridgehead atoms. The van der Waals surface area contributed by atoms with E-state index in [9.17, 15) is 0 Å². The van der Waals surface area contributed by atoms with Crippen LogP contribution in [0.2, 0.25) is 12.6 Å². The third kappa shape index (κ3) is 7.56. The van der Waals surface area contributed by atoms with E-state index in [1.54, 1.807) is 0 Å². The van der Waals surface area contributed by atoms with Gasteiger partial charge >= 0.3 is 8.56 Å². The number of hydrogen-bond acceptors (Lipinski definition) is 4. The highest BCUT2D eigenvalue weighted by atomic mass is 28.4. The lowest BCUT2D eigenvalue weighted by molar-refractivity contribution is -0.000646. The highest BCUT2D eigenvalue weighted by molar-refractivity contribution is 6.66. The number of hydrogen-bond donors (Lipinski definition) is 0. The van der Waals surface area contributed by atoms with Crippen molar-refractivity contribution in [1.29, 1.82) is 0 Å². The van der Waals surface area contributed by atoms with Crippen molar-refractivity contribution in [2.24, 2.45) is 0 Å². The summed E-state index contributed by atoms with van der Waals surface area (Å²) in [4.78, 5) is 2.41. The van der Waals surface area contributed by atoms with Crippen molar-refractivity contribution in [3.8, 4) is 0 Å². The van der Waals surface area contributed by atoms with Crippen LogP contribution in [0.4, 0.5) is 0 Å². The molecule has 0 aromatic heterocycles. The van der Waals surface area contributed by atoms with E-state index in [0.717, 1.165) is 45.3 Å². The second kappa shape index (κ2) is 10.5. The van der Waals surface area contributed by atoms with E-state index in [0.29, 0.717) is 6.61 Å². The molecule has 1 fully saturated rings. The molecule has 4 nitrogen and oxygen atoms in total. The summed E-state index contributed by atoms with van der Waals surface area (Å²) < 4.78 is 18.1. The molecule has 0 spiro atoms. The fourth-order valence-corrected chi connectivity index (χ4v) is 5.34. The maximum absolute atomic E-state index is 6.39. The van der Waals surface area contributed by atoms with Gasteiger partial charge in [-0.1, -0.05) is 19.4 Å². The van der Waals surface area contributed by atoms with Crippen LogP contribution in [0.3, 0.4) is 0 Å². The molecule has 0 aromatic carbocycles. The van der Waals surface area contributed by atoms with Crippen molar-refractivity contribution in [1.82, 2.24) is 4.90 Å². The Morgan fingerprint density at radius 3 is 2.90 bits per heavy atom. The minimum atomic E-state index is -2.04. The van der Waals surface area contributed by atoms with Crippen LogP contribution in [0.15, 0.2) is 12.7 Å². The maximum Gasteiger partial charge on any atom is 0.335 e. The Labute approximate surface area is 131 Å². The van der Waals surface area contributed by atoms with E-state index in [2.05, 4.69) is 31.9 Å². The zero-order valence-corrected chi connectivity index (χ0v) is 15.1. The Morgan fingerprint density at radius 1 is 1.43 bits per heavy atom. The standard InChI is InChI=1S/C16H33NO3Si/c1-5-8-11-17(10-6-2)14-16-15-18-12-9-13-21(4,20-16)19-7-3/h6,16H,2,5,7-15H2,1,3-4H3. The molecule has 0 aliphatic carbocycles. The van der Waals surface area contributed by atoms with Gasteiger partial charge in [0.1, 0.15) is 0 Å². The molecule has 1 aliphatic heterocycles. The summed E-state index contributed by atoms with van der Waals surface area (Å²) in [5.74, 6) is 0. The Hall–Kier alpha value is -0.203. The molecule has 1 heterocycles. The lowest BCUT2D eigenvalue weighted by atomic mass is 10.2. The quantitative estimate of drug-likeness (QED) is 0.483. The van der Waals surface area contributed by atoms with Gasteiger partial charge in [0.15, 0.2) is 0 Å². The number of ether oxygens (including phenoxy) is 1. The van der Waals surface area contributed by atoms with Gasteiger partial charge in [0.2, 0.25) is 0 Å². The normalized spacial score (nSPS) is 27.3. The second-order valence-corrected chi connectivity index (χ2v) is 9.18. The van der Waals surface area contributed by atoms with E-state index in [4.69, 9.17) is 13.6 Å². The Bertz CT molecular complexity index is 291. The summed E-state index contributed by atoms with van der Waals surface area (Å²) in [5.41, 5.74) is 0. The predicted molar refractivity (Wildman–Crippen MR) is 89.9 cm³/mol.